The minimum absolute atomic E-state index is 0.00634. The van der Waals surface area contributed by atoms with Crippen LogP contribution in [0.5, 0.6) is 5.75 Å². The second kappa shape index (κ2) is 5.16. The zero-order chi connectivity index (χ0) is 13.4. The molecule has 1 amide bonds. The van der Waals surface area contributed by atoms with Gasteiger partial charge < -0.3 is 10.1 Å². The van der Waals surface area contributed by atoms with Crippen LogP contribution >= 0.6 is 15.9 Å². The minimum Gasteiger partial charge on any atom is -0.496 e. The first-order chi connectivity index (χ1) is 9.19. The Labute approximate surface area is 121 Å². The van der Waals surface area contributed by atoms with Crippen LogP contribution in [0.1, 0.15) is 36.0 Å². The number of amides is 1. The zero-order valence-electron chi connectivity index (χ0n) is 11.0. The average Bonchev–Trinajstić information content (AvgIpc) is 3.28. The highest BCUT2D eigenvalue weighted by molar-refractivity contribution is 9.10. The van der Waals surface area contributed by atoms with Crippen LogP contribution in [0, 0.1) is 11.8 Å². The van der Waals surface area contributed by atoms with Crippen molar-refractivity contribution in [2.75, 3.05) is 7.11 Å². The molecule has 0 radical (unpaired) electrons. The Balaban J connectivity index is 1.75. The number of rotatable bonds is 5. The van der Waals surface area contributed by atoms with Gasteiger partial charge in [-0.1, -0.05) is 15.9 Å². The van der Waals surface area contributed by atoms with Crippen molar-refractivity contribution in [2.24, 2.45) is 11.8 Å². The monoisotopic (exact) mass is 323 g/mol. The van der Waals surface area contributed by atoms with Crippen molar-refractivity contribution in [1.82, 2.24) is 5.32 Å². The van der Waals surface area contributed by atoms with E-state index in [9.17, 15) is 4.79 Å². The van der Waals surface area contributed by atoms with Crippen LogP contribution in [0.4, 0.5) is 0 Å². The molecular formula is C15H18BrNO2. The molecule has 0 bridgehead atoms. The van der Waals surface area contributed by atoms with E-state index >= 15 is 0 Å². The highest BCUT2D eigenvalue weighted by Crippen LogP contribution is 2.44. The van der Waals surface area contributed by atoms with Gasteiger partial charge in [0, 0.05) is 10.5 Å². The lowest BCUT2D eigenvalue weighted by molar-refractivity contribution is 0.0923. The van der Waals surface area contributed by atoms with Gasteiger partial charge in [-0.25, -0.2) is 0 Å². The van der Waals surface area contributed by atoms with E-state index in [1.807, 2.05) is 18.2 Å². The summed E-state index contributed by atoms with van der Waals surface area (Å²) in [7, 11) is 1.60. The first-order valence-electron chi connectivity index (χ1n) is 6.83. The maximum Gasteiger partial charge on any atom is 0.255 e. The van der Waals surface area contributed by atoms with Crippen LogP contribution in [0.25, 0.3) is 0 Å². The Morgan fingerprint density at radius 2 is 1.95 bits per heavy atom. The zero-order valence-corrected chi connectivity index (χ0v) is 12.6. The number of hydrogen-bond donors (Lipinski definition) is 1. The van der Waals surface area contributed by atoms with Crippen LogP contribution in [0.2, 0.25) is 0 Å². The lowest BCUT2D eigenvalue weighted by Gasteiger charge is -2.18. The van der Waals surface area contributed by atoms with Crippen LogP contribution in [0.15, 0.2) is 22.7 Å². The van der Waals surface area contributed by atoms with Crippen molar-refractivity contribution in [3.63, 3.8) is 0 Å². The third-order valence-corrected chi connectivity index (χ3v) is 4.46. The molecule has 4 heteroatoms. The van der Waals surface area contributed by atoms with Gasteiger partial charge in [-0.2, -0.15) is 0 Å². The summed E-state index contributed by atoms with van der Waals surface area (Å²) in [6, 6.07) is 5.90. The molecule has 2 aliphatic carbocycles. The third-order valence-electron chi connectivity index (χ3n) is 3.97. The molecule has 1 N–H and O–H groups in total. The maximum atomic E-state index is 12.4. The molecule has 1 aromatic carbocycles. The molecule has 0 saturated heterocycles. The van der Waals surface area contributed by atoms with E-state index < -0.39 is 0 Å². The molecule has 2 aliphatic rings. The van der Waals surface area contributed by atoms with E-state index in [0.29, 0.717) is 29.2 Å². The normalized spacial score (nSPS) is 18.5. The van der Waals surface area contributed by atoms with Gasteiger partial charge in [-0.3, -0.25) is 4.79 Å². The molecule has 19 heavy (non-hydrogen) atoms. The first-order valence-corrected chi connectivity index (χ1v) is 7.62. The molecule has 0 spiro atoms. The number of hydrogen-bond acceptors (Lipinski definition) is 2. The molecule has 3 nitrogen and oxygen atoms in total. The van der Waals surface area contributed by atoms with Crippen LogP contribution in [-0.2, 0) is 0 Å². The highest BCUT2D eigenvalue weighted by atomic mass is 79.9. The van der Waals surface area contributed by atoms with Crippen LogP contribution < -0.4 is 10.1 Å². The summed E-state index contributed by atoms with van der Waals surface area (Å²) in [5, 5.41) is 3.22. The Bertz CT molecular complexity index is 483. The summed E-state index contributed by atoms with van der Waals surface area (Å²) in [6.07, 6.45) is 5.05. The first kappa shape index (κ1) is 13.0. The van der Waals surface area contributed by atoms with E-state index in [1.54, 1.807) is 7.11 Å². The molecule has 2 saturated carbocycles. The Morgan fingerprint density at radius 3 is 2.47 bits per heavy atom. The maximum absolute atomic E-state index is 12.4. The molecule has 2 fully saturated rings. The van der Waals surface area contributed by atoms with Crippen molar-refractivity contribution in [3.05, 3.63) is 28.2 Å². The number of carbonyl (C=O) groups excluding carboxylic acids is 1. The molecule has 0 heterocycles. The van der Waals surface area contributed by atoms with Gasteiger partial charge in [0.2, 0.25) is 0 Å². The molecule has 3 rings (SSSR count). The second-order valence-corrected chi connectivity index (χ2v) is 6.43. The second-order valence-electron chi connectivity index (χ2n) is 5.52. The SMILES string of the molecule is COc1cc(Br)ccc1C(=O)NC(C1CC1)C1CC1. The lowest BCUT2D eigenvalue weighted by atomic mass is 10.1. The molecule has 0 aliphatic heterocycles. The number of nitrogens with one attached hydrogen (secondary N) is 1. The van der Waals surface area contributed by atoms with Crippen molar-refractivity contribution >= 4 is 21.8 Å². The van der Waals surface area contributed by atoms with Gasteiger partial charge in [0.1, 0.15) is 5.75 Å². The van der Waals surface area contributed by atoms with E-state index in [2.05, 4.69) is 21.2 Å². The van der Waals surface area contributed by atoms with Gasteiger partial charge >= 0.3 is 0 Å². The fourth-order valence-electron chi connectivity index (χ4n) is 2.61. The molecular weight excluding hydrogens is 306 g/mol. The fourth-order valence-corrected chi connectivity index (χ4v) is 2.95. The van der Waals surface area contributed by atoms with E-state index in [1.165, 1.54) is 25.7 Å². The predicted octanol–water partition coefficient (Wildman–Crippen LogP) is 3.38. The topological polar surface area (TPSA) is 38.3 Å². The van der Waals surface area contributed by atoms with Crippen LogP contribution in [-0.4, -0.2) is 19.1 Å². The summed E-state index contributed by atoms with van der Waals surface area (Å²) < 4.78 is 6.21. The summed E-state index contributed by atoms with van der Waals surface area (Å²) >= 11 is 3.39. The number of methoxy groups -OCH3 is 1. The quantitative estimate of drug-likeness (QED) is 0.902. The van der Waals surface area contributed by atoms with Gasteiger partial charge in [0.15, 0.2) is 0 Å². The highest BCUT2D eigenvalue weighted by Gasteiger charge is 2.42. The molecule has 0 atom stereocenters. The van der Waals surface area contributed by atoms with Gasteiger partial charge in [-0.05, 0) is 55.7 Å². The molecule has 0 unspecified atom stereocenters. The number of carbonyl (C=O) groups is 1. The fraction of sp³-hybridized carbons (Fsp3) is 0.533. The summed E-state index contributed by atoms with van der Waals surface area (Å²) in [5.41, 5.74) is 0.622. The van der Waals surface area contributed by atoms with Gasteiger partial charge in [0.25, 0.3) is 5.91 Å². The van der Waals surface area contributed by atoms with Crippen molar-refractivity contribution in [2.45, 2.75) is 31.7 Å². The van der Waals surface area contributed by atoms with E-state index in [4.69, 9.17) is 4.74 Å². The Morgan fingerprint density at radius 1 is 1.32 bits per heavy atom. The minimum atomic E-state index is -0.00634. The summed E-state index contributed by atoms with van der Waals surface area (Å²) in [6.45, 7) is 0. The van der Waals surface area contributed by atoms with Crippen molar-refractivity contribution in [1.29, 1.82) is 0 Å². The van der Waals surface area contributed by atoms with Crippen molar-refractivity contribution in [3.8, 4) is 5.75 Å². The van der Waals surface area contributed by atoms with Gasteiger partial charge in [0.05, 0.1) is 12.7 Å². The smallest absolute Gasteiger partial charge is 0.255 e. The number of halogens is 1. The molecule has 102 valence electrons. The third kappa shape index (κ3) is 2.94. The lowest BCUT2D eigenvalue weighted by Crippen LogP contribution is -2.38. The standard InChI is InChI=1S/C15H18BrNO2/c1-19-13-8-11(16)6-7-12(13)15(18)17-14(9-2-3-9)10-4-5-10/h6-10,14H,2-5H2,1H3,(H,17,18). The average molecular weight is 324 g/mol. The number of benzene rings is 1. The van der Waals surface area contributed by atoms with E-state index in [-0.39, 0.29) is 5.91 Å². The Kier molecular flexibility index (Phi) is 3.52. The largest absolute Gasteiger partial charge is 0.496 e. The summed E-state index contributed by atoms with van der Waals surface area (Å²) in [4.78, 5) is 12.4. The predicted molar refractivity (Wildman–Crippen MR) is 77.4 cm³/mol. The Hall–Kier alpha value is -1.03. The molecule has 0 aromatic heterocycles. The van der Waals surface area contributed by atoms with E-state index in [0.717, 1.165) is 4.47 Å². The summed E-state index contributed by atoms with van der Waals surface area (Å²) in [5.74, 6) is 2.03. The van der Waals surface area contributed by atoms with Gasteiger partial charge in [-0.15, -0.1) is 0 Å². The number of ether oxygens (including phenoxy) is 1. The van der Waals surface area contributed by atoms with Crippen molar-refractivity contribution < 1.29 is 9.53 Å². The molecule has 1 aromatic rings. The van der Waals surface area contributed by atoms with Crippen LogP contribution in [0.3, 0.4) is 0 Å².